The average Bonchev–Trinajstić information content (AvgIpc) is 2.36. The summed E-state index contributed by atoms with van der Waals surface area (Å²) in [6, 6.07) is 3.12. The van der Waals surface area contributed by atoms with Gasteiger partial charge in [-0.25, -0.2) is 13.1 Å². The Bertz CT molecular complexity index is 599. The summed E-state index contributed by atoms with van der Waals surface area (Å²) in [5.74, 6) is 0. The van der Waals surface area contributed by atoms with Crippen molar-refractivity contribution in [3.8, 4) is 0 Å². The molecule has 0 aliphatic rings. The van der Waals surface area contributed by atoms with E-state index in [-0.39, 0.29) is 17.1 Å². The zero-order valence-electron chi connectivity index (χ0n) is 11.8. The fraction of sp³-hybridized carbons (Fsp3) is 0.500. The molecule has 0 unspecified atom stereocenters. The second-order valence-corrected chi connectivity index (χ2v) is 6.19. The van der Waals surface area contributed by atoms with E-state index >= 15 is 0 Å². The summed E-state index contributed by atoms with van der Waals surface area (Å²) in [5.41, 5.74) is 0.339. The number of benzene rings is 1. The molecule has 0 atom stereocenters. The Hall–Kier alpha value is -1.51. The molecule has 7 nitrogen and oxygen atoms in total. The number of nitro benzene ring substituents is 1. The molecule has 0 bridgehead atoms. The molecule has 2 N–H and O–H groups in total. The van der Waals surface area contributed by atoms with E-state index in [2.05, 4.69) is 10.0 Å². The Kier molecular flexibility index (Phi) is 5.61. The quantitative estimate of drug-likeness (QED) is 0.446. The molecule has 0 saturated carbocycles. The van der Waals surface area contributed by atoms with E-state index in [1.165, 1.54) is 6.92 Å². The van der Waals surface area contributed by atoms with Crippen LogP contribution < -0.4 is 10.0 Å². The van der Waals surface area contributed by atoms with Crippen LogP contribution in [0, 0.1) is 24.0 Å². The van der Waals surface area contributed by atoms with Gasteiger partial charge in [0.2, 0.25) is 10.0 Å². The van der Waals surface area contributed by atoms with E-state index in [1.807, 2.05) is 0 Å². The molecule has 0 heterocycles. The molecule has 112 valence electrons. The summed E-state index contributed by atoms with van der Waals surface area (Å²) in [4.78, 5) is 10.2. The van der Waals surface area contributed by atoms with Crippen LogP contribution >= 0.6 is 0 Å². The van der Waals surface area contributed by atoms with Gasteiger partial charge in [-0.3, -0.25) is 10.1 Å². The third-order valence-corrected chi connectivity index (χ3v) is 4.51. The number of nitrogens with zero attached hydrogens (tertiary/aromatic N) is 1. The van der Waals surface area contributed by atoms with Crippen LogP contribution in [0.25, 0.3) is 0 Å². The number of rotatable bonds is 7. The largest absolute Gasteiger partial charge is 0.320 e. The Morgan fingerprint density at radius 1 is 1.20 bits per heavy atom. The lowest BCUT2D eigenvalue weighted by atomic mass is 10.1. The number of nitro groups is 1. The average molecular weight is 301 g/mol. The highest BCUT2D eigenvalue weighted by Crippen LogP contribution is 2.30. The van der Waals surface area contributed by atoms with E-state index in [0.717, 1.165) is 0 Å². The van der Waals surface area contributed by atoms with Crippen molar-refractivity contribution < 1.29 is 13.3 Å². The van der Waals surface area contributed by atoms with Crippen LogP contribution in [-0.4, -0.2) is 33.5 Å². The maximum Gasteiger partial charge on any atom is 0.292 e. The number of hydrogen-bond donors (Lipinski definition) is 2. The van der Waals surface area contributed by atoms with E-state index in [0.29, 0.717) is 24.1 Å². The Labute approximate surface area is 118 Å². The van der Waals surface area contributed by atoms with Gasteiger partial charge in [0, 0.05) is 12.1 Å². The van der Waals surface area contributed by atoms with Gasteiger partial charge in [0.15, 0.2) is 4.90 Å². The van der Waals surface area contributed by atoms with Crippen molar-refractivity contribution in [3.05, 3.63) is 33.4 Å². The van der Waals surface area contributed by atoms with Crippen LogP contribution in [0.3, 0.4) is 0 Å². The van der Waals surface area contributed by atoms with Gasteiger partial charge >= 0.3 is 0 Å². The first kappa shape index (κ1) is 16.5. The second kappa shape index (κ2) is 6.78. The Morgan fingerprint density at radius 2 is 1.80 bits per heavy atom. The Morgan fingerprint density at radius 3 is 2.35 bits per heavy atom. The number of nitrogens with one attached hydrogen (secondary N) is 2. The molecule has 0 spiro atoms. The highest BCUT2D eigenvalue weighted by Gasteiger charge is 2.29. The Balaban J connectivity index is 3.17. The predicted molar refractivity (Wildman–Crippen MR) is 76.3 cm³/mol. The molecule has 8 heteroatoms. The van der Waals surface area contributed by atoms with Crippen LogP contribution in [0.5, 0.6) is 0 Å². The van der Waals surface area contributed by atoms with Crippen molar-refractivity contribution in [2.24, 2.45) is 0 Å². The van der Waals surface area contributed by atoms with Crippen LogP contribution in [0.15, 0.2) is 17.0 Å². The lowest BCUT2D eigenvalue weighted by molar-refractivity contribution is -0.388. The van der Waals surface area contributed by atoms with Crippen LogP contribution in [-0.2, 0) is 10.0 Å². The minimum atomic E-state index is -3.89. The number of aryl methyl sites for hydroxylation is 2. The summed E-state index contributed by atoms with van der Waals surface area (Å²) in [6.07, 6.45) is 0.606. The molecule has 0 aromatic heterocycles. The van der Waals surface area contributed by atoms with Crippen molar-refractivity contribution in [1.82, 2.24) is 10.0 Å². The molecule has 1 aromatic rings. The van der Waals surface area contributed by atoms with Crippen molar-refractivity contribution in [3.63, 3.8) is 0 Å². The fourth-order valence-electron chi connectivity index (χ4n) is 1.88. The zero-order chi connectivity index (χ0) is 15.3. The number of sulfonamides is 1. The van der Waals surface area contributed by atoms with E-state index in [1.54, 1.807) is 26.1 Å². The predicted octanol–water partition coefficient (Wildman–Crippen LogP) is 1.10. The number of hydrogen-bond acceptors (Lipinski definition) is 5. The zero-order valence-corrected chi connectivity index (χ0v) is 12.6. The second-order valence-electron chi connectivity index (χ2n) is 4.49. The van der Waals surface area contributed by atoms with Crippen LogP contribution in [0.2, 0.25) is 0 Å². The SMILES string of the molecule is CNCCCNS(=O)(=O)c1c(C)ccc(C)c1[N+](=O)[O-]. The normalized spacial score (nSPS) is 11.6. The summed E-state index contributed by atoms with van der Waals surface area (Å²) >= 11 is 0. The van der Waals surface area contributed by atoms with Gasteiger partial charge < -0.3 is 5.32 Å². The molecule has 0 aliphatic heterocycles. The van der Waals surface area contributed by atoms with E-state index in [9.17, 15) is 18.5 Å². The molecule has 0 saturated heterocycles. The van der Waals surface area contributed by atoms with E-state index < -0.39 is 14.9 Å². The molecule has 0 amide bonds. The maximum atomic E-state index is 12.3. The molecule has 0 fully saturated rings. The lowest BCUT2D eigenvalue weighted by Gasteiger charge is -2.11. The fourth-order valence-corrected chi connectivity index (χ4v) is 3.42. The third-order valence-electron chi connectivity index (χ3n) is 2.88. The smallest absolute Gasteiger partial charge is 0.292 e. The lowest BCUT2D eigenvalue weighted by Crippen LogP contribution is -2.28. The molecule has 0 aliphatic carbocycles. The van der Waals surface area contributed by atoms with Gasteiger partial charge in [-0.05, 0) is 39.4 Å². The first-order valence-corrected chi connectivity index (χ1v) is 7.68. The monoisotopic (exact) mass is 301 g/mol. The van der Waals surface area contributed by atoms with Crippen LogP contribution in [0.4, 0.5) is 5.69 Å². The molecular formula is C12H19N3O4S. The first-order valence-electron chi connectivity index (χ1n) is 6.20. The minimum absolute atomic E-state index is 0.230. The van der Waals surface area contributed by atoms with Gasteiger partial charge in [-0.1, -0.05) is 12.1 Å². The van der Waals surface area contributed by atoms with Gasteiger partial charge in [-0.2, -0.15) is 0 Å². The standard InChI is InChI=1S/C12H19N3O4S/c1-9-5-6-10(2)12(11(9)15(16)17)20(18,19)14-8-4-7-13-3/h5-6,13-14H,4,7-8H2,1-3H3. The highest BCUT2D eigenvalue weighted by atomic mass is 32.2. The molecular weight excluding hydrogens is 282 g/mol. The van der Waals surface area contributed by atoms with Crippen molar-refractivity contribution in [1.29, 1.82) is 0 Å². The van der Waals surface area contributed by atoms with E-state index in [4.69, 9.17) is 0 Å². The van der Waals surface area contributed by atoms with Crippen molar-refractivity contribution >= 4 is 15.7 Å². The molecule has 1 aromatic carbocycles. The molecule has 20 heavy (non-hydrogen) atoms. The van der Waals surface area contributed by atoms with Gasteiger partial charge in [-0.15, -0.1) is 0 Å². The molecule has 1 rings (SSSR count). The van der Waals surface area contributed by atoms with Crippen molar-refractivity contribution in [2.75, 3.05) is 20.1 Å². The van der Waals surface area contributed by atoms with Crippen LogP contribution in [0.1, 0.15) is 17.5 Å². The summed E-state index contributed by atoms with van der Waals surface area (Å²) in [5, 5.41) is 14.0. The van der Waals surface area contributed by atoms with Gasteiger partial charge in [0.05, 0.1) is 4.92 Å². The van der Waals surface area contributed by atoms with Crippen molar-refractivity contribution in [2.45, 2.75) is 25.2 Å². The van der Waals surface area contributed by atoms with Gasteiger partial charge in [0.25, 0.3) is 5.69 Å². The topological polar surface area (TPSA) is 101 Å². The third kappa shape index (κ3) is 3.75. The first-order chi connectivity index (χ1) is 9.31. The molecule has 0 radical (unpaired) electrons. The highest BCUT2D eigenvalue weighted by molar-refractivity contribution is 7.89. The van der Waals surface area contributed by atoms with Gasteiger partial charge in [0.1, 0.15) is 0 Å². The minimum Gasteiger partial charge on any atom is -0.320 e. The summed E-state index contributed by atoms with van der Waals surface area (Å²) in [6.45, 7) is 3.97. The summed E-state index contributed by atoms with van der Waals surface area (Å²) in [7, 11) is -2.12. The maximum absolute atomic E-state index is 12.3. The summed E-state index contributed by atoms with van der Waals surface area (Å²) < 4.78 is 26.9.